The van der Waals surface area contributed by atoms with Crippen molar-refractivity contribution in [3.05, 3.63) is 35.9 Å². The predicted octanol–water partition coefficient (Wildman–Crippen LogP) is 1.96. The van der Waals surface area contributed by atoms with Crippen LogP contribution < -0.4 is 5.32 Å². The third-order valence-corrected chi connectivity index (χ3v) is 3.84. The van der Waals surface area contributed by atoms with Crippen molar-refractivity contribution in [2.24, 2.45) is 5.92 Å². The summed E-state index contributed by atoms with van der Waals surface area (Å²) in [6.45, 7) is 6.87. The molecular formula is C16H24N2O2. The Morgan fingerprint density at radius 1 is 1.40 bits per heavy atom. The zero-order chi connectivity index (χ0) is 14.5. The quantitative estimate of drug-likeness (QED) is 0.863. The Hall–Kier alpha value is -1.39. The van der Waals surface area contributed by atoms with Gasteiger partial charge in [-0.15, -0.1) is 0 Å². The first-order valence-electron chi connectivity index (χ1n) is 7.29. The second-order valence-electron chi connectivity index (χ2n) is 5.94. The number of carboxylic acids is 1. The van der Waals surface area contributed by atoms with Crippen molar-refractivity contribution in [2.45, 2.75) is 38.9 Å². The lowest BCUT2D eigenvalue weighted by Gasteiger charge is -2.37. The van der Waals surface area contributed by atoms with E-state index in [2.05, 4.69) is 41.4 Å². The highest BCUT2D eigenvalue weighted by atomic mass is 16.4. The zero-order valence-corrected chi connectivity index (χ0v) is 12.2. The summed E-state index contributed by atoms with van der Waals surface area (Å²) in [5, 5.41) is 12.2. The summed E-state index contributed by atoms with van der Waals surface area (Å²) in [6.07, 6.45) is 1.04. The van der Waals surface area contributed by atoms with Crippen molar-refractivity contribution >= 4 is 5.97 Å². The third kappa shape index (κ3) is 4.32. The Bertz CT molecular complexity index is 435. The van der Waals surface area contributed by atoms with Gasteiger partial charge in [-0.3, -0.25) is 9.69 Å². The lowest BCUT2D eigenvalue weighted by Crippen LogP contribution is -2.52. The molecule has 2 unspecified atom stereocenters. The van der Waals surface area contributed by atoms with E-state index in [1.165, 1.54) is 5.56 Å². The first-order chi connectivity index (χ1) is 9.54. The van der Waals surface area contributed by atoms with Crippen LogP contribution in [0.5, 0.6) is 0 Å². The van der Waals surface area contributed by atoms with Crippen LogP contribution in [-0.4, -0.2) is 41.1 Å². The molecule has 20 heavy (non-hydrogen) atoms. The monoisotopic (exact) mass is 276 g/mol. The van der Waals surface area contributed by atoms with Crippen molar-refractivity contribution in [3.8, 4) is 0 Å². The van der Waals surface area contributed by atoms with Crippen LogP contribution in [0.15, 0.2) is 30.3 Å². The molecule has 0 bridgehead atoms. The number of piperidine rings is 1. The molecule has 1 heterocycles. The Morgan fingerprint density at radius 2 is 2.10 bits per heavy atom. The molecule has 0 amide bonds. The highest BCUT2D eigenvalue weighted by molar-refractivity contribution is 5.72. The average molecular weight is 276 g/mol. The number of hydrogen-bond donors (Lipinski definition) is 2. The number of rotatable bonds is 5. The predicted molar refractivity (Wildman–Crippen MR) is 79.5 cm³/mol. The fourth-order valence-corrected chi connectivity index (χ4v) is 2.98. The molecule has 1 fully saturated rings. The van der Waals surface area contributed by atoms with Gasteiger partial charge in [0.1, 0.15) is 6.04 Å². The van der Waals surface area contributed by atoms with Crippen LogP contribution in [0.2, 0.25) is 0 Å². The Balaban J connectivity index is 1.92. The third-order valence-electron chi connectivity index (χ3n) is 3.84. The molecule has 4 nitrogen and oxygen atoms in total. The highest BCUT2D eigenvalue weighted by Gasteiger charge is 2.26. The summed E-state index contributed by atoms with van der Waals surface area (Å²) in [7, 11) is 0. The summed E-state index contributed by atoms with van der Waals surface area (Å²) in [5.41, 5.74) is 1.31. The number of likely N-dealkylation sites (tertiary alicyclic amines) is 1. The molecule has 0 aromatic heterocycles. The molecule has 2 N–H and O–H groups in total. The van der Waals surface area contributed by atoms with Gasteiger partial charge < -0.3 is 10.4 Å². The van der Waals surface area contributed by atoms with E-state index in [0.29, 0.717) is 5.92 Å². The van der Waals surface area contributed by atoms with Crippen molar-refractivity contribution in [2.75, 3.05) is 13.1 Å². The second kappa shape index (κ2) is 6.86. The van der Waals surface area contributed by atoms with Gasteiger partial charge in [0.25, 0.3) is 0 Å². The van der Waals surface area contributed by atoms with E-state index in [9.17, 15) is 4.79 Å². The maximum absolute atomic E-state index is 11.0. The molecule has 1 aliphatic rings. The largest absolute Gasteiger partial charge is 0.480 e. The number of benzene rings is 1. The fraction of sp³-hybridized carbons (Fsp3) is 0.562. The van der Waals surface area contributed by atoms with Crippen LogP contribution in [-0.2, 0) is 11.3 Å². The molecule has 1 aromatic rings. The molecule has 0 radical (unpaired) electrons. The van der Waals surface area contributed by atoms with Gasteiger partial charge in [0, 0.05) is 25.7 Å². The van der Waals surface area contributed by atoms with E-state index in [0.717, 1.165) is 26.1 Å². The van der Waals surface area contributed by atoms with Crippen molar-refractivity contribution in [1.29, 1.82) is 0 Å². The maximum atomic E-state index is 11.0. The summed E-state index contributed by atoms with van der Waals surface area (Å²) in [6, 6.07) is 10.2. The molecule has 3 atom stereocenters. The zero-order valence-electron chi connectivity index (χ0n) is 12.2. The van der Waals surface area contributed by atoms with Crippen LogP contribution in [0.25, 0.3) is 0 Å². The van der Waals surface area contributed by atoms with Crippen molar-refractivity contribution in [3.63, 3.8) is 0 Å². The molecule has 0 aliphatic carbocycles. The van der Waals surface area contributed by atoms with E-state index in [4.69, 9.17) is 5.11 Å². The molecule has 1 aromatic carbocycles. The normalized spacial score (nSPS) is 25.3. The summed E-state index contributed by atoms with van der Waals surface area (Å²) >= 11 is 0. The number of aliphatic carboxylic acids is 1. The fourth-order valence-electron chi connectivity index (χ4n) is 2.98. The average Bonchev–Trinajstić information content (AvgIpc) is 2.39. The minimum atomic E-state index is -0.780. The SMILES string of the molecule is CC1CC(N[C@H](C)C(=O)O)CN(Cc2ccccc2)C1. The maximum Gasteiger partial charge on any atom is 0.320 e. The number of carboxylic acid groups (broad SMARTS) is 1. The lowest BCUT2D eigenvalue weighted by atomic mass is 9.95. The topological polar surface area (TPSA) is 52.6 Å². The number of carbonyl (C=O) groups is 1. The van der Waals surface area contributed by atoms with E-state index in [-0.39, 0.29) is 6.04 Å². The molecule has 0 spiro atoms. The summed E-state index contributed by atoms with van der Waals surface area (Å²) in [5.74, 6) is -0.191. The standard InChI is InChI=1S/C16H24N2O2/c1-12-8-15(17-13(2)16(19)20)11-18(9-12)10-14-6-4-3-5-7-14/h3-7,12-13,15,17H,8-11H2,1-2H3,(H,19,20)/t12?,13-,15?/m1/s1. The first-order valence-corrected chi connectivity index (χ1v) is 7.29. The van der Waals surface area contributed by atoms with Crippen molar-refractivity contribution in [1.82, 2.24) is 10.2 Å². The van der Waals surface area contributed by atoms with Crippen molar-refractivity contribution < 1.29 is 9.90 Å². The molecule has 110 valence electrons. The van der Waals surface area contributed by atoms with Crippen LogP contribution in [0.4, 0.5) is 0 Å². The van der Waals surface area contributed by atoms with Gasteiger partial charge in [-0.25, -0.2) is 0 Å². The summed E-state index contributed by atoms with van der Waals surface area (Å²) in [4.78, 5) is 13.4. The van der Waals surface area contributed by atoms with E-state index in [1.54, 1.807) is 6.92 Å². The molecular weight excluding hydrogens is 252 g/mol. The number of hydrogen-bond acceptors (Lipinski definition) is 3. The van der Waals surface area contributed by atoms with Gasteiger partial charge in [0.2, 0.25) is 0 Å². The molecule has 1 saturated heterocycles. The molecule has 2 rings (SSSR count). The van der Waals surface area contributed by atoms with E-state index >= 15 is 0 Å². The summed E-state index contributed by atoms with van der Waals surface area (Å²) < 4.78 is 0. The lowest BCUT2D eigenvalue weighted by molar-refractivity contribution is -0.139. The van der Waals surface area contributed by atoms with Gasteiger partial charge in [0.15, 0.2) is 0 Å². The Kier molecular flexibility index (Phi) is 5.15. The van der Waals surface area contributed by atoms with E-state index in [1.807, 2.05) is 6.07 Å². The molecule has 0 saturated carbocycles. The van der Waals surface area contributed by atoms with Gasteiger partial charge in [-0.05, 0) is 24.8 Å². The Morgan fingerprint density at radius 3 is 2.75 bits per heavy atom. The van der Waals surface area contributed by atoms with Crippen LogP contribution in [0, 0.1) is 5.92 Å². The van der Waals surface area contributed by atoms with Crippen LogP contribution >= 0.6 is 0 Å². The van der Waals surface area contributed by atoms with Gasteiger partial charge in [-0.1, -0.05) is 37.3 Å². The van der Waals surface area contributed by atoms with Crippen LogP contribution in [0.3, 0.4) is 0 Å². The number of nitrogens with one attached hydrogen (secondary N) is 1. The minimum absolute atomic E-state index is 0.258. The Labute approximate surface area is 120 Å². The molecule has 4 heteroatoms. The van der Waals surface area contributed by atoms with Gasteiger partial charge in [0.05, 0.1) is 0 Å². The highest BCUT2D eigenvalue weighted by Crippen LogP contribution is 2.19. The van der Waals surface area contributed by atoms with Crippen LogP contribution in [0.1, 0.15) is 25.8 Å². The first kappa shape index (κ1) is 15.0. The minimum Gasteiger partial charge on any atom is -0.480 e. The molecule has 1 aliphatic heterocycles. The number of nitrogens with zero attached hydrogens (tertiary/aromatic N) is 1. The van der Waals surface area contributed by atoms with Gasteiger partial charge >= 0.3 is 5.97 Å². The second-order valence-corrected chi connectivity index (χ2v) is 5.94. The van der Waals surface area contributed by atoms with E-state index < -0.39 is 12.0 Å². The van der Waals surface area contributed by atoms with Gasteiger partial charge in [-0.2, -0.15) is 0 Å². The smallest absolute Gasteiger partial charge is 0.320 e.